The first kappa shape index (κ1) is 9.80. The van der Waals surface area contributed by atoms with E-state index >= 15 is 0 Å². The first-order valence-corrected chi connectivity index (χ1v) is 8.84. The predicted molar refractivity (Wildman–Crippen MR) is 29.1 cm³/mol. The van der Waals surface area contributed by atoms with Gasteiger partial charge < -0.3 is 0 Å². The van der Waals surface area contributed by atoms with Crippen LogP contribution in [0.2, 0.25) is 0 Å². The Morgan fingerprint density at radius 2 is 1.00 bits per heavy atom. The van der Waals surface area contributed by atoms with Crippen molar-refractivity contribution < 1.29 is 0 Å². The van der Waals surface area contributed by atoms with Crippen molar-refractivity contribution in [2.24, 2.45) is 0 Å². The van der Waals surface area contributed by atoms with Crippen LogP contribution < -0.4 is 0 Å². The molecule has 0 aromatic rings. The minimum atomic E-state index is -1.92. The molecule has 29 valence electrons. The van der Waals surface area contributed by atoms with E-state index in [1.165, 1.54) is 0 Å². The Labute approximate surface area is 52.5 Å². The maximum absolute atomic E-state index is 4.97. The zero-order valence-corrected chi connectivity index (χ0v) is 7.50. The summed E-state index contributed by atoms with van der Waals surface area (Å²) in [5.74, 6) is 0. The molecule has 0 unspecified atom stereocenters. The third kappa shape index (κ3) is 27.9. The zero-order valence-electron chi connectivity index (χ0n) is 2.13. The van der Waals surface area contributed by atoms with Gasteiger partial charge >= 0.3 is 41.6 Å². The smallest absolute Gasteiger partial charge is 0 e. The molecule has 0 saturated carbocycles. The van der Waals surface area contributed by atoms with Crippen LogP contribution in [0.3, 0.4) is 0 Å². The molecule has 0 atom stereocenters. The van der Waals surface area contributed by atoms with Crippen LogP contribution in [0, 0.1) is 0 Å². The van der Waals surface area contributed by atoms with Crippen LogP contribution in [0.25, 0.3) is 0 Å². The van der Waals surface area contributed by atoms with Gasteiger partial charge in [0.05, 0.1) is 0 Å². The van der Waals surface area contributed by atoms with E-state index in [0.29, 0.717) is 0 Å². The van der Waals surface area contributed by atoms with Gasteiger partial charge in [0.2, 0.25) is 0 Å². The van der Waals surface area contributed by atoms with Crippen molar-refractivity contribution in [3.05, 3.63) is 0 Å². The van der Waals surface area contributed by atoms with Crippen LogP contribution in [0.1, 0.15) is 0 Å². The summed E-state index contributed by atoms with van der Waals surface area (Å²) in [5, 5.41) is 0. The molecule has 0 fully saturated rings. The molecule has 0 aliphatic carbocycles. The maximum atomic E-state index is 4.97. The number of hydrogen-bond donors (Lipinski definition) is 0. The molecule has 5 heteroatoms. The third-order valence-electron chi connectivity index (χ3n) is 0. The molecule has 0 N–H and O–H groups in total. The van der Waals surface area contributed by atoms with Crippen LogP contribution in [-0.4, -0.2) is 22.5 Å². The van der Waals surface area contributed by atoms with Gasteiger partial charge in [-0.15, -0.1) is 0 Å². The second-order valence-corrected chi connectivity index (χ2v) is 10.0. The molecule has 0 spiro atoms. The topological polar surface area (TPSA) is 0 Å². The van der Waals surface area contributed by atoms with Crippen molar-refractivity contribution >= 4 is 52.6 Å². The summed E-state index contributed by atoms with van der Waals surface area (Å²) < 4.78 is 0. The molecule has 5 radical (unpaired) electrons. The van der Waals surface area contributed by atoms with E-state index in [-0.39, 0.29) is 11.0 Å². The van der Waals surface area contributed by atoms with Crippen molar-refractivity contribution in [2.75, 3.05) is 0 Å². The van der Waals surface area contributed by atoms with Gasteiger partial charge in [0, 0.05) is 11.0 Å². The maximum Gasteiger partial charge on any atom is 0 e. The Kier molecular flexibility index (Phi) is 11.0. The van der Waals surface area contributed by atoms with Crippen molar-refractivity contribution in [3.63, 3.8) is 0 Å². The summed E-state index contributed by atoms with van der Waals surface area (Å²) >= 11 is -1.92. The Bertz CT molecular complexity index is 11.6. The van der Waals surface area contributed by atoms with Crippen molar-refractivity contribution in [1.82, 2.24) is 0 Å². The normalized spacial score (nSPS) is 7.20. The fourth-order valence-electron chi connectivity index (χ4n) is 0. The summed E-state index contributed by atoms with van der Waals surface area (Å²) in [7, 11) is 14.9. The van der Waals surface area contributed by atoms with Crippen LogP contribution >= 0.6 is 30.0 Å². The van der Waals surface area contributed by atoms with E-state index in [9.17, 15) is 0 Å². The van der Waals surface area contributed by atoms with E-state index in [1.54, 1.807) is 0 Å². The Hall–Kier alpha value is 1.63. The summed E-state index contributed by atoms with van der Waals surface area (Å²) in [6, 6.07) is 0. The van der Waals surface area contributed by atoms with E-state index in [2.05, 4.69) is 0 Å². The van der Waals surface area contributed by atoms with Gasteiger partial charge in [-0.25, -0.2) is 0 Å². The molecule has 0 nitrogen and oxygen atoms in total. The van der Waals surface area contributed by atoms with Crippen LogP contribution in [0.15, 0.2) is 0 Å². The summed E-state index contributed by atoms with van der Waals surface area (Å²) in [6.45, 7) is 0. The first-order chi connectivity index (χ1) is 1.73. The van der Waals surface area contributed by atoms with Crippen LogP contribution in [-0.2, 0) is 0 Å². The molecular formula is Cl3GeSi. The average molecular weight is 207 g/mol. The van der Waals surface area contributed by atoms with Crippen molar-refractivity contribution in [3.8, 4) is 0 Å². The van der Waals surface area contributed by atoms with Gasteiger partial charge in [0.15, 0.2) is 0 Å². The van der Waals surface area contributed by atoms with Crippen molar-refractivity contribution in [2.45, 2.75) is 0 Å². The molecule has 0 aromatic carbocycles. The molecule has 0 aromatic heterocycles. The molecule has 0 saturated heterocycles. The summed E-state index contributed by atoms with van der Waals surface area (Å²) in [4.78, 5) is 0. The molecule has 0 aliphatic rings. The van der Waals surface area contributed by atoms with E-state index < -0.39 is 11.6 Å². The van der Waals surface area contributed by atoms with Gasteiger partial charge in [0.1, 0.15) is 0 Å². The fourth-order valence-corrected chi connectivity index (χ4v) is 0. The average Bonchev–Trinajstić information content (AvgIpc) is 0.811. The fraction of sp³-hybridized carbons (Fsp3) is 0. The minimum Gasteiger partial charge on any atom is 0 e. The Morgan fingerprint density at radius 1 is 1.00 bits per heavy atom. The molecular weight excluding hydrogens is 207 g/mol. The Balaban J connectivity index is 0. The van der Waals surface area contributed by atoms with E-state index in [1.807, 2.05) is 0 Å². The largest absolute Gasteiger partial charge is 0 e. The monoisotopic (exact) mass is 207 g/mol. The van der Waals surface area contributed by atoms with Crippen molar-refractivity contribution in [1.29, 1.82) is 0 Å². The number of halogens is 3. The number of hydrogen-bond acceptors (Lipinski definition) is 0. The third-order valence-corrected chi connectivity index (χ3v) is 0. The number of rotatable bonds is 0. The zero-order chi connectivity index (χ0) is 3.58. The molecule has 0 aliphatic heterocycles. The first-order valence-electron chi connectivity index (χ1n) is 0.567. The molecule has 0 bridgehead atoms. The quantitative estimate of drug-likeness (QED) is 0.525. The van der Waals surface area contributed by atoms with Gasteiger partial charge in [-0.1, -0.05) is 0 Å². The van der Waals surface area contributed by atoms with Gasteiger partial charge in [-0.2, -0.15) is 0 Å². The van der Waals surface area contributed by atoms with Gasteiger partial charge in [-0.05, 0) is 0 Å². The summed E-state index contributed by atoms with van der Waals surface area (Å²) in [5.41, 5.74) is 0. The van der Waals surface area contributed by atoms with E-state index in [4.69, 9.17) is 30.0 Å². The van der Waals surface area contributed by atoms with Gasteiger partial charge in [0.25, 0.3) is 0 Å². The predicted octanol–water partition coefficient (Wildman–Crippen LogP) is 1.31. The minimum absolute atomic E-state index is 0. The second-order valence-electron chi connectivity index (χ2n) is 0.214. The van der Waals surface area contributed by atoms with Crippen LogP contribution in [0.4, 0.5) is 0 Å². The SMILES string of the molecule is [Cl][Ge]([Cl])[Cl].[Si]. The second kappa shape index (κ2) is 5.63. The van der Waals surface area contributed by atoms with Gasteiger partial charge in [-0.3, -0.25) is 0 Å². The summed E-state index contributed by atoms with van der Waals surface area (Å²) in [6.07, 6.45) is 0. The molecule has 0 amide bonds. The molecule has 5 heavy (non-hydrogen) atoms. The molecule has 0 rings (SSSR count). The standard InChI is InChI=1S/Cl3Ge.Si/c1-4(2)3;. The van der Waals surface area contributed by atoms with Crippen LogP contribution in [0.5, 0.6) is 0 Å². The molecule has 0 heterocycles. The van der Waals surface area contributed by atoms with E-state index in [0.717, 1.165) is 0 Å². The Morgan fingerprint density at radius 3 is 1.00 bits per heavy atom.